The molecule has 0 unspecified atom stereocenters. The van der Waals surface area contributed by atoms with Gasteiger partial charge in [0, 0.05) is 0 Å². The van der Waals surface area contributed by atoms with E-state index in [9.17, 15) is 8.42 Å². The van der Waals surface area contributed by atoms with E-state index in [1.807, 2.05) is 0 Å². The quantitative estimate of drug-likeness (QED) is 0.481. The molecule has 0 aliphatic rings. The molecule has 0 aromatic rings. The maximum absolute atomic E-state index is 9.51. The molecular weight excluding hydrogens is 168 g/mol. The highest BCUT2D eigenvalue weighted by atomic mass is 32.1. The summed E-state index contributed by atoms with van der Waals surface area (Å²) in [5, 5.41) is -0.204. The maximum Gasteiger partial charge on any atom is 0.247 e. The minimum Gasteiger partial charge on any atom is -0.191 e. The summed E-state index contributed by atoms with van der Waals surface area (Å²) < 4.78 is 25.1. The van der Waals surface area contributed by atoms with Crippen molar-refractivity contribution in [2.45, 2.75) is 0 Å². The van der Waals surface area contributed by atoms with Crippen LogP contribution in [0.1, 0.15) is 0 Å². The molecule has 0 rings (SSSR count). The van der Waals surface area contributed by atoms with Crippen molar-refractivity contribution in [3.05, 3.63) is 0 Å². The van der Waals surface area contributed by atoms with E-state index in [1.165, 1.54) is 0 Å². The second-order valence-corrected chi connectivity index (χ2v) is 1.64. The lowest BCUT2D eigenvalue weighted by Gasteiger charge is -1.68. The molecule has 0 N–H and O–H groups in total. The second kappa shape index (κ2) is 4.88. The SMILES string of the molecule is O=S=NC(=S)N=S=O. The summed E-state index contributed by atoms with van der Waals surface area (Å²) in [5.41, 5.74) is 0. The fraction of sp³-hybridized carbons (Fsp3) is 0. The molecule has 0 spiro atoms. The van der Waals surface area contributed by atoms with Crippen LogP contribution in [0, 0.1) is 0 Å². The summed E-state index contributed by atoms with van der Waals surface area (Å²) in [6.07, 6.45) is 0. The summed E-state index contributed by atoms with van der Waals surface area (Å²) in [7, 11) is 0. The third-order valence-electron chi connectivity index (χ3n) is 0.231. The van der Waals surface area contributed by atoms with Crippen molar-refractivity contribution in [3.8, 4) is 0 Å². The topological polar surface area (TPSA) is 58.9 Å². The smallest absolute Gasteiger partial charge is 0.191 e. The summed E-state index contributed by atoms with van der Waals surface area (Å²) in [6.45, 7) is 0. The molecule has 0 fully saturated rings. The third-order valence-corrected chi connectivity index (χ3v) is 1.14. The monoisotopic (exact) mass is 168 g/mol. The van der Waals surface area contributed by atoms with Crippen molar-refractivity contribution in [1.82, 2.24) is 0 Å². The Morgan fingerprint density at radius 2 is 1.62 bits per heavy atom. The first-order chi connectivity index (χ1) is 3.81. The first kappa shape index (κ1) is 7.73. The lowest BCUT2D eigenvalue weighted by molar-refractivity contribution is 0.698. The molecule has 0 radical (unpaired) electrons. The standard InChI is InChI=1S/CN2O2S3/c4-7-2-1(6)3-8-5. The van der Waals surface area contributed by atoms with E-state index >= 15 is 0 Å². The number of rotatable bonds is 0. The lowest BCUT2D eigenvalue weighted by atomic mass is 11.3. The van der Waals surface area contributed by atoms with Gasteiger partial charge in [-0.3, -0.25) is 0 Å². The van der Waals surface area contributed by atoms with Gasteiger partial charge in [-0.1, -0.05) is 0 Å². The highest BCUT2D eigenvalue weighted by molar-refractivity contribution is 7.81. The highest BCUT2D eigenvalue weighted by Gasteiger charge is 1.81. The molecule has 0 aliphatic heterocycles. The predicted octanol–water partition coefficient (Wildman–Crippen LogP) is 0.0645. The van der Waals surface area contributed by atoms with Gasteiger partial charge in [0.2, 0.25) is 28.0 Å². The lowest BCUT2D eigenvalue weighted by Crippen LogP contribution is -1.75. The van der Waals surface area contributed by atoms with Crippen LogP contribution >= 0.6 is 12.2 Å². The van der Waals surface area contributed by atoms with Crippen LogP contribution in [0.25, 0.3) is 0 Å². The van der Waals surface area contributed by atoms with Crippen molar-refractivity contribution < 1.29 is 8.42 Å². The van der Waals surface area contributed by atoms with Crippen molar-refractivity contribution in [2.24, 2.45) is 8.73 Å². The molecule has 0 bridgehead atoms. The Balaban J connectivity index is 4.04. The summed E-state index contributed by atoms with van der Waals surface area (Å²) in [5.74, 6) is 0. The minimum absolute atomic E-state index is 0.0625. The first-order valence-electron chi connectivity index (χ1n) is 1.35. The average molecular weight is 168 g/mol. The van der Waals surface area contributed by atoms with E-state index in [1.54, 1.807) is 0 Å². The van der Waals surface area contributed by atoms with Gasteiger partial charge in [-0.15, -0.1) is 8.73 Å². The van der Waals surface area contributed by atoms with Gasteiger partial charge >= 0.3 is 0 Å². The van der Waals surface area contributed by atoms with Crippen LogP contribution in [0.4, 0.5) is 0 Å². The molecule has 0 atom stereocenters. The van der Waals surface area contributed by atoms with E-state index in [4.69, 9.17) is 0 Å². The predicted molar refractivity (Wildman–Crippen MR) is 33.7 cm³/mol. The van der Waals surface area contributed by atoms with Crippen LogP contribution in [0.3, 0.4) is 0 Å². The van der Waals surface area contributed by atoms with Gasteiger partial charge in [0.25, 0.3) is 0 Å². The number of hydrogen-bond acceptors (Lipinski definition) is 3. The molecule has 0 aromatic heterocycles. The minimum atomic E-state index is -0.204. The van der Waals surface area contributed by atoms with Crippen LogP contribution in [-0.4, -0.2) is 13.5 Å². The zero-order valence-corrected chi connectivity index (χ0v) is 5.89. The third kappa shape index (κ3) is 3.90. The van der Waals surface area contributed by atoms with Gasteiger partial charge < -0.3 is 0 Å². The van der Waals surface area contributed by atoms with Gasteiger partial charge in [-0.05, 0) is 12.2 Å². The second-order valence-electron chi connectivity index (χ2n) is 0.614. The molecule has 0 amide bonds. The van der Waals surface area contributed by atoms with E-state index in [2.05, 4.69) is 20.9 Å². The molecule has 0 saturated heterocycles. The summed E-state index contributed by atoms with van der Waals surface area (Å²) >= 11 is 4.15. The van der Waals surface area contributed by atoms with Gasteiger partial charge in [0.05, 0.1) is 0 Å². The van der Waals surface area contributed by atoms with Gasteiger partial charge in [0.1, 0.15) is 0 Å². The van der Waals surface area contributed by atoms with Crippen LogP contribution in [-0.2, 0) is 22.9 Å². The average Bonchev–Trinajstić information content (AvgIpc) is 1.68. The van der Waals surface area contributed by atoms with Crippen molar-refractivity contribution in [2.75, 3.05) is 0 Å². The fourth-order valence-corrected chi connectivity index (χ4v) is 0.524. The first-order valence-corrected chi connectivity index (χ1v) is 3.16. The maximum atomic E-state index is 9.51. The summed E-state index contributed by atoms with van der Waals surface area (Å²) in [6, 6.07) is 0. The Kier molecular flexibility index (Phi) is 4.71. The molecule has 0 heterocycles. The molecular formula is CN2O2S3. The zero-order chi connectivity index (χ0) is 6.41. The van der Waals surface area contributed by atoms with E-state index in [0.717, 1.165) is 0 Å². The molecule has 44 valence electrons. The molecule has 4 nitrogen and oxygen atoms in total. The zero-order valence-electron chi connectivity index (χ0n) is 3.44. The summed E-state index contributed by atoms with van der Waals surface area (Å²) in [4.78, 5) is 0. The highest BCUT2D eigenvalue weighted by Crippen LogP contribution is 1.77. The molecule has 0 aromatic carbocycles. The van der Waals surface area contributed by atoms with Crippen LogP contribution in [0.15, 0.2) is 8.73 Å². The molecule has 8 heavy (non-hydrogen) atoms. The molecule has 0 aliphatic carbocycles. The van der Waals surface area contributed by atoms with Gasteiger partial charge in [0.15, 0.2) is 0 Å². The Hall–Kier alpha value is -0.270. The van der Waals surface area contributed by atoms with Crippen LogP contribution in [0.2, 0.25) is 0 Å². The van der Waals surface area contributed by atoms with Crippen molar-refractivity contribution in [1.29, 1.82) is 0 Å². The normalized spacial score (nSPS) is 7.00. The number of nitrogens with zero attached hydrogens (tertiary/aromatic N) is 2. The van der Waals surface area contributed by atoms with Gasteiger partial charge in [-0.25, -0.2) is 0 Å². The van der Waals surface area contributed by atoms with Crippen molar-refractivity contribution in [3.63, 3.8) is 0 Å². The Morgan fingerprint density at radius 3 is 1.88 bits per heavy atom. The molecule has 0 saturated carbocycles. The fourth-order valence-electron chi connectivity index (χ4n) is 0.0804. The Bertz CT molecular complexity index is 167. The van der Waals surface area contributed by atoms with E-state index < -0.39 is 0 Å². The van der Waals surface area contributed by atoms with E-state index in [0.29, 0.717) is 0 Å². The van der Waals surface area contributed by atoms with Crippen LogP contribution < -0.4 is 0 Å². The molecule has 7 heteroatoms. The largest absolute Gasteiger partial charge is 0.247 e. The Labute approximate surface area is 57.8 Å². The Morgan fingerprint density at radius 1 is 1.25 bits per heavy atom. The van der Waals surface area contributed by atoms with Crippen molar-refractivity contribution >= 4 is 40.3 Å². The van der Waals surface area contributed by atoms with Crippen LogP contribution in [0.5, 0.6) is 0 Å². The number of hydrogen-bond donors (Lipinski definition) is 0. The van der Waals surface area contributed by atoms with E-state index in [-0.39, 0.29) is 28.0 Å². The van der Waals surface area contributed by atoms with Gasteiger partial charge in [-0.2, -0.15) is 8.42 Å². The number of thiocarbonyl (C=S) groups is 1.